The molecule has 2 atom stereocenters. The maximum absolute atomic E-state index is 13.9. The molecule has 6 N–H and O–H groups in total. The molecule has 2 amide bonds. The number of hydrogen-bond donors (Lipinski definition) is 6. The number of carbonyl (C=O) groups is 2. The van der Waals surface area contributed by atoms with E-state index in [1.807, 2.05) is 126 Å². The Morgan fingerprint density at radius 3 is 1.54 bits per heavy atom. The van der Waals surface area contributed by atoms with Crippen molar-refractivity contribution in [1.82, 2.24) is 64.8 Å². The molecule has 12 aromatic rings. The van der Waals surface area contributed by atoms with Crippen molar-refractivity contribution in [3.05, 3.63) is 198 Å². The molecule has 668 valence electrons. The molecular formula is C92H120Cl3N15O11S3. The molecule has 124 heavy (non-hydrogen) atoms. The molecule has 32 heteroatoms. The number of aromatic nitrogens is 12. The Morgan fingerprint density at radius 2 is 0.992 bits per heavy atom. The quantitative estimate of drug-likeness (QED) is 0.0197. The first kappa shape index (κ1) is 96.4. The summed E-state index contributed by atoms with van der Waals surface area (Å²) >= 11 is 19.4. The summed E-state index contributed by atoms with van der Waals surface area (Å²) in [6, 6.07) is 33.6. The number of fused-ring (bicyclic) bond motifs is 3. The van der Waals surface area contributed by atoms with Crippen molar-refractivity contribution in [1.29, 1.82) is 0 Å². The Balaban J connectivity index is 0.000000198. The van der Waals surface area contributed by atoms with Gasteiger partial charge >= 0.3 is 0 Å². The zero-order valence-electron chi connectivity index (χ0n) is 74.7. The number of nitrogens with one attached hydrogen (secondary N) is 6. The first-order chi connectivity index (χ1) is 58.5. The van der Waals surface area contributed by atoms with Crippen LogP contribution in [0.15, 0.2) is 125 Å². The predicted octanol–water partition coefficient (Wildman–Crippen LogP) is 20.7. The van der Waals surface area contributed by atoms with Gasteiger partial charge in [-0.2, -0.15) is 0 Å². The Hall–Kier alpha value is -9.78. The predicted molar refractivity (Wildman–Crippen MR) is 495 cm³/mol. The Labute approximate surface area is 744 Å². The van der Waals surface area contributed by atoms with Gasteiger partial charge in [-0.1, -0.05) is 197 Å². The molecule has 26 nitrogen and oxygen atoms in total. The number of H-pyrrole nitrogens is 3. The summed E-state index contributed by atoms with van der Waals surface area (Å²) in [5, 5.41) is 43.8. The van der Waals surface area contributed by atoms with E-state index in [9.17, 15) is 34.8 Å². The number of sulfonamides is 1. The molecule has 0 aliphatic carbocycles. The Morgan fingerprint density at radius 1 is 0.508 bits per heavy atom. The van der Waals surface area contributed by atoms with Crippen LogP contribution in [0, 0.1) is 61.3 Å². The van der Waals surface area contributed by atoms with E-state index in [1.54, 1.807) is 93.3 Å². The maximum Gasteiger partial charge on any atom is 0.261 e. The fourth-order valence-corrected chi connectivity index (χ4v) is 18.9. The van der Waals surface area contributed by atoms with Gasteiger partial charge in [-0.25, -0.2) is 38.8 Å². The standard InChI is InChI=1S/C35H57ClN6O4S.C34H31ClN4O4S.C23H32ClN5O3S/c1-8-10-12-13-14-15-16-17-18-19-20-29(46-28-23-21-27(22-24-28)41-47(44,45)25-11-9-2)32(43)37-35(6,7)34(4,5)33-39-38-31-30(36)26(3)40-42(31)33;1-21-18-22(2)31(33-36-37-34-32(35)24(4)38-39(33)34)23(3)30(21)20-43-27-12-16-29(17-13-27)44(40,41)28-14-10-26(11-15-28)42-19-25-8-6-5-7-9-25;1-12(9-10-33(8,31)32)22(30)25-18-14(3)11-13(2)16(15(18)4)20-26-27-21-17(24)19(23(5,6)7)28-29(20)21/h21-24,29,40-41H,8-20,25H2,1-7H3,(H,37,43);5-18,38H,19-20H2,1-4H3;11-12,28H,9-10H2,1-8H3,(H,25,30). The van der Waals surface area contributed by atoms with Crippen LogP contribution in [-0.4, -0.2) is 126 Å². The summed E-state index contributed by atoms with van der Waals surface area (Å²) in [7, 11) is -10.3. The van der Waals surface area contributed by atoms with Crippen LogP contribution in [0.5, 0.6) is 17.2 Å². The number of nitrogens with zero attached hydrogens (tertiary/aromatic N) is 9. The number of aromatic amines is 3. The molecule has 0 spiro atoms. The van der Waals surface area contributed by atoms with Crippen molar-refractivity contribution in [3.8, 4) is 40.0 Å². The Bertz CT molecular complexity index is 6070. The molecule has 6 aromatic heterocycles. The van der Waals surface area contributed by atoms with Gasteiger partial charge in [0.25, 0.3) is 5.91 Å². The molecule has 6 aromatic carbocycles. The first-order valence-electron chi connectivity index (χ1n) is 42.3. The number of halogens is 3. The van der Waals surface area contributed by atoms with Crippen molar-refractivity contribution < 1.29 is 49.1 Å². The molecular weight excluding hydrogens is 1690 g/mol. The van der Waals surface area contributed by atoms with Crippen LogP contribution >= 0.6 is 34.8 Å². The van der Waals surface area contributed by atoms with Gasteiger partial charge in [0.2, 0.25) is 25.8 Å². The summed E-state index contributed by atoms with van der Waals surface area (Å²) in [6.07, 6.45) is 14.7. The number of carbonyl (C=O) groups excluding carboxylic acids is 2. The molecule has 12 rings (SSSR count). The third kappa shape index (κ3) is 23.5. The minimum absolute atomic E-state index is 0.0277. The lowest BCUT2D eigenvalue weighted by Crippen LogP contribution is -2.59. The second-order valence-corrected chi connectivity index (χ2v) is 41.7. The molecule has 0 radical (unpaired) electrons. The summed E-state index contributed by atoms with van der Waals surface area (Å²) in [5.41, 5.74) is 13.5. The topological polar surface area (TPSA) is 338 Å². The normalized spacial score (nSPS) is 12.7. The second kappa shape index (κ2) is 41.1. The molecule has 0 aliphatic heterocycles. The highest BCUT2D eigenvalue weighted by molar-refractivity contribution is 7.92. The summed E-state index contributed by atoms with van der Waals surface area (Å²) in [4.78, 5) is 27.1. The summed E-state index contributed by atoms with van der Waals surface area (Å²) in [5.74, 6) is 2.76. The third-order valence-corrected chi connectivity index (χ3v) is 28.3. The van der Waals surface area contributed by atoms with Gasteiger partial charge in [0, 0.05) is 51.0 Å². The van der Waals surface area contributed by atoms with Crippen molar-refractivity contribution in [3.63, 3.8) is 0 Å². The van der Waals surface area contributed by atoms with Gasteiger partial charge in [0.05, 0.1) is 38.4 Å². The SMILES string of the molecule is CCCCCCCCCCCCC(Oc1ccc(NS(=O)(=O)CCCC)cc1)C(=O)NC(C)(C)C(C)(C)c1nnc2c(Cl)c(C)[nH]n12.Cc1cc(C)c(-c2nnc3c(Cl)c(C(C)(C)C)[nH]n23)c(C)c1NC(=O)C(C)CCS(C)(=O)=O.Cc1cc(C)c(-c2nnc3c(Cl)c(C)[nH]n23)c(C)c1COc1ccc(S(=O)(=O)c2ccc(OCc3ccccc3)cc2)cc1. The molecule has 6 heterocycles. The van der Waals surface area contributed by atoms with Gasteiger partial charge in [-0.05, 0) is 212 Å². The average molecular weight is 1810 g/mol. The molecule has 0 fully saturated rings. The number of unbranched alkanes of at least 4 members (excludes halogenated alkanes) is 10. The second-order valence-electron chi connectivity index (χ2n) is 34.5. The average Bonchev–Trinajstić information content (AvgIpc) is 1.59. The van der Waals surface area contributed by atoms with Gasteiger partial charge in [-0.15, -0.1) is 30.6 Å². The third-order valence-electron chi connectivity index (χ3n) is 22.9. The van der Waals surface area contributed by atoms with Crippen LogP contribution < -0.4 is 29.6 Å². The first-order valence-corrected chi connectivity index (χ1v) is 48.7. The smallest absolute Gasteiger partial charge is 0.261 e. The molecule has 0 aliphatic rings. The fourth-order valence-electron chi connectivity index (χ4n) is 14.8. The monoisotopic (exact) mass is 1810 g/mol. The zero-order valence-corrected chi connectivity index (χ0v) is 79.4. The lowest BCUT2D eigenvalue weighted by Gasteiger charge is -2.41. The van der Waals surface area contributed by atoms with Crippen LogP contribution in [0.1, 0.15) is 227 Å². The van der Waals surface area contributed by atoms with Gasteiger partial charge in [0.15, 0.2) is 40.5 Å². The van der Waals surface area contributed by atoms with Crippen LogP contribution in [0.2, 0.25) is 15.1 Å². The van der Waals surface area contributed by atoms with E-state index in [0.717, 1.165) is 98.4 Å². The van der Waals surface area contributed by atoms with E-state index in [1.165, 1.54) is 51.2 Å². The van der Waals surface area contributed by atoms with Crippen LogP contribution in [-0.2, 0) is 63.3 Å². The number of ether oxygens (including phenoxy) is 3. The number of rotatable bonds is 37. The highest BCUT2D eigenvalue weighted by atomic mass is 35.5. The summed E-state index contributed by atoms with van der Waals surface area (Å²) in [6.45, 7) is 36.6. The van der Waals surface area contributed by atoms with Crippen LogP contribution in [0.25, 0.3) is 39.7 Å². The number of sulfone groups is 2. The lowest BCUT2D eigenvalue weighted by atomic mass is 9.73. The van der Waals surface area contributed by atoms with Crippen molar-refractivity contribution >= 4 is 105 Å². The molecule has 0 saturated carbocycles. The molecule has 0 bridgehead atoms. The number of amides is 2. The van der Waals surface area contributed by atoms with Crippen molar-refractivity contribution in [2.24, 2.45) is 5.92 Å². The zero-order chi connectivity index (χ0) is 90.6. The fraction of sp³-hybridized carbons (Fsp3) is 0.457. The minimum atomic E-state index is -3.71. The van der Waals surface area contributed by atoms with Gasteiger partial charge in [-0.3, -0.25) is 29.6 Å². The molecule has 2 unspecified atom stereocenters. The van der Waals surface area contributed by atoms with E-state index < -0.39 is 52.7 Å². The Kier molecular flexibility index (Phi) is 32.0. The van der Waals surface area contributed by atoms with Gasteiger partial charge in [0.1, 0.15) is 55.4 Å². The van der Waals surface area contributed by atoms with Gasteiger partial charge < -0.3 is 24.8 Å². The number of aryl methyl sites for hydroxylation is 6. The number of benzene rings is 6. The van der Waals surface area contributed by atoms with Crippen molar-refractivity contribution in [2.75, 3.05) is 27.8 Å². The highest BCUT2D eigenvalue weighted by Gasteiger charge is 2.45. The van der Waals surface area contributed by atoms with Crippen molar-refractivity contribution in [2.45, 2.75) is 260 Å². The maximum atomic E-state index is 13.9. The lowest BCUT2D eigenvalue weighted by molar-refractivity contribution is -0.131. The van der Waals surface area contributed by atoms with E-state index in [4.69, 9.17) is 49.0 Å². The van der Waals surface area contributed by atoms with Crippen LogP contribution in [0.3, 0.4) is 0 Å². The molecule has 0 saturated heterocycles. The highest BCUT2D eigenvalue weighted by Crippen LogP contribution is 2.41. The minimum Gasteiger partial charge on any atom is -0.489 e. The largest absolute Gasteiger partial charge is 0.489 e. The van der Waals surface area contributed by atoms with E-state index >= 15 is 0 Å². The summed E-state index contributed by atoms with van der Waals surface area (Å²) < 4.78 is 100. The van der Waals surface area contributed by atoms with E-state index in [2.05, 4.69) is 95.0 Å². The number of hydrogen-bond acceptors (Lipinski definition) is 17. The van der Waals surface area contributed by atoms with Crippen LogP contribution in [0.4, 0.5) is 11.4 Å². The van der Waals surface area contributed by atoms with E-state index in [-0.39, 0.29) is 44.9 Å². The van der Waals surface area contributed by atoms with E-state index in [0.29, 0.717) is 104 Å². The number of anilines is 2.